The van der Waals surface area contributed by atoms with Gasteiger partial charge in [-0.05, 0) is 50.6 Å². The number of aryl methyl sites for hydroxylation is 1. The molecule has 0 bridgehead atoms. The Kier molecular flexibility index (Phi) is 7.30. The molecular formula is C18H28N2O. The van der Waals surface area contributed by atoms with Gasteiger partial charge in [0.05, 0.1) is 0 Å². The second-order valence-electron chi connectivity index (χ2n) is 5.88. The van der Waals surface area contributed by atoms with Crippen LogP contribution >= 0.6 is 0 Å². The molecule has 3 nitrogen and oxygen atoms in total. The zero-order valence-electron chi connectivity index (χ0n) is 13.0. The molecule has 2 rings (SSSR count). The largest absolute Gasteiger partial charge is 0.343 e. The minimum Gasteiger partial charge on any atom is -0.343 e. The van der Waals surface area contributed by atoms with Crippen molar-refractivity contribution in [1.29, 1.82) is 0 Å². The fraction of sp³-hybridized carbons (Fsp3) is 0.611. The average Bonchev–Trinajstić information content (AvgIpc) is 2.55. The summed E-state index contributed by atoms with van der Waals surface area (Å²) in [6.45, 7) is 3.77. The summed E-state index contributed by atoms with van der Waals surface area (Å²) in [5.74, 6) is 0.325. The molecule has 1 aliphatic heterocycles. The van der Waals surface area contributed by atoms with E-state index in [1.54, 1.807) is 0 Å². The highest BCUT2D eigenvalue weighted by atomic mass is 16.2. The number of benzene rings is 1. The molecule has 1 N–H and O–H groups in total. The average molecular weight is 288 g/mol. The summed E-state index contributed by atoms with van der Waals surface area (Å²) in [5, 5.41) is 3.39. The van der Waals surface area contributed by atoms with Crippen LogP contribution in [0.25, 0.3) is 0 Å². The van der Waals surface area contributed by atoms with Crippen molar-refractivity contribution in [1.82, 2.24) is 10.2 Å². The first-order chi connectivity index (χ1) is 10.4. The van der Waals surface area contributed by atoms with Crippen molar-refractivity contribution in [2.24, 2.45) is 0 Å². The van der Waals surface area contributed by atoms with Gasteiger partial charge in [-0.15, -0.1) is 0 Å². The van der Waals surface area contributed by atoms with Crippen molar-refractivity contribution in [2.45, 2.75) is 44.9 Å². The third-order valence-electron chi connectivity index (χ3n) is 4.14. The van der Waals surface area contributed by atoms with Crippen LogP contribution in [0.5, 0.6) is 0 Å². The van der Waals surface area contributed by atoms with Crippen molar-refractivity contribution in [2.75, 3.05) is 26.2 Å². The van der Waals surface area contributed by atoms with E-state index in [2.05, 4.69) is 35.6 Å². The zero-order chi connectivity index (χ0) is 14.8. The Balaban J connectivity index is 1.45. The molecule has 1 aromatic rings. The SMILES string of the molecule is O=C(CCNCCCCc1ccccc1)N1CCCCC1. The van der Waals surface area contributed by atoms with Gasteiger partial charge in [0.1, 0.15) is 0 Å². The molecule has 0 unspecified atom stereocenters. The summed E-state index contributed by atoms with van der Waals surface area (Å²) in [4.78, 5) is 14.0. The highest BCUT2D eigenvalue weighted by Crippen LogP contribution is 2.09. The summed E-state index contributed by atoms with van der Waals surface area (Å²) in [6.07, 6.45) is 7.82. The number of unbranched alkanes of at least 4 members (excludes halogenated alkanes) is 1. The second-order valence-corrected chi connectivity index (χ2v) is 5.88. The van der Waals surface area contributed by atoms with E-state index in [0.717, 1.165) is 32.6 Å². The Hall–Kier alpha value is -1.35. The van der Waals surface area contributed by atoms with Gasteiger partial charge in [0.25, 0.3) is 0 Å². The fourth-order valence-electron chi connectivity index (χ4n) is 2.85. The lowest BCUT2D eigenvalue weighted by molar-refractivity contribution is -0.131. The van der Waals surface area contributed by atoms with Crippen molar-refractivity contribution in [3.63, 3.8) is 0 Å². The number of nitrogens with one attached hydrogen (secondary N) is 1. The smallest absolute Gasteiger partial charge is 0.223 e. The number of carbonyl (C=O) groups excluding carboxylic acids is 1. The molecule has 0 saturated carbocycles. The van der Waals surface area contributed by atoms with Gasteiger partial charge in [0.2, 0.25) is 5.91 Å². The second kappa shape index (κ2) is 9.56. The fourth-order valence-corrected chi connectivity index (χ4v) is 2.85. The van der Waals surface area contributed by atoms with Gasteiger partial charge in [-0.25, -0.2) is 0 Å². The van der Waals surface area contributed by atoms with Crippen LogP contribution in [0.3, 0.4) is 0 Å². The molecule has 0 atom stereocenters. The van der Waals surface area contributed by atoms with E-state index in [0.29, 0.717) is 12.3 Å². The van der Waals surface area contributed by atoms with E-state index in [9.17, 15) is 4.79 Å². The molecule has 0 spiro atoms. The van der Waals surface area contributed by atoms with E-state index >= 15 is 0 Å². The molecule has 0 aliphatic carbocycles. The maximum Gasteiger partial charge on any atom is 0.223 e. The van der Waals surface area contributed by atoms with E-state index in [4.69, 9.17) is 0 Å². The Morgan fingerprint density at radius 3 is 2.52 bits per heavy atom. The van der Waals surface area contributed by atoms with Crippen molar-refractivity contribution in [3.05, 3.63) is 35.9 Å². The summed E-state index contributed by atoms with van der Waals surface area (Å²) in [7, 11) is 0. The predicted molar refractivity (Wildman–Crippen MR) is 87.3 cm³/mol. The van der Waals surface area contributed by atoms with Gasteiger partial charge >= 0.3 is 0 Å². The molecule has 1 heterocycles. The van der Waals surface area contributed by atoms with Crippen LogP contribution in [0.2, 0.25) is 0 Å². The molecule has 116 valence electrons. The highest BCUT2D eigenvalue weighted by molar-refractivity contribution is 5.76. The van der Waals surface area contributed by atoms with Gasteiger partial charge in [-0.1, -0.05) is 30.3 Å². The summed E-state index contributed by atoms with van der Waals surface area (Å²) in [6, 6.07) is 10.6. The van der Waals surface area contributed by atoms with E-state index in [1.165, 1.54) is 37.7 Å². The van der Waals surface area contributed by atoms with Crippen LogP contribution in [-0.2, 0) is 11.2 Å². The number of carbonyl (C=O) groups is 1. The molecule has 1 saturated heterocycles. The van der Waals surface area contributed by atoms with E-state index in [-0.39, 0.29) is 0 Å². The molecule has 21 heavy (non-hydrogen) atoms. The zero-order valence-corrected chi connectivity index (χ0v) is 13.0. The molecule has 0 aromatic heterocycles. The lowest BCUT2D eigenvalue weighted by atomic mass is 10.1. The summed E-state index contributed by atoms with van der Waals surface area (Å²) in [5.41, 5.74) is 1.41. The summed E-state index contributed by atoms with van der Waals surface area (Å²) >= 11 is 0. The van der Waals surface area contributed by atoms with Crippen LogP contribution < -0.4 is 5.32 Å². The van der Waals surface area contributed by atoms with Crippen molar-refractivity contribution < 1.29 is 4.79 Å². The maximum absolute atomic E-state index is 12.0. The molecule has 1 amide bonds. The minimum atomic E-state index is 0.325. The highest BCUT2D eigenvalue weighted by Gasteiger charge is 2.15. The Morgan fingerprint density at radius 2 is 1.76 bits per heavy atom. The first-order valence-corrected chi connectivity index (χ1v) is 8.39. The Labute approximate surface area is 128 Å². The number of piperidine rings is 1. The first kappa shape index (κ1) is 16.0. The predicted octanol–water partition coefficient (Wildman–Crippen LogP) is 3.00. The first-order valence-electron chi connectivity index (χ1n) is 8.39. The normalized spacial score (nSPS) is 15.1. The molecule has 3 heteroatoms. The summed E-state index contributed by atoms with van der Waals surface area (Å²) < 4.78 is 0. The van der Waals surface area contributed by atoms with Crippen LogP contribution in [-0.4, -0.2) is 37.0 Å². The quantitative estimate of drug-likeness (QED) is 0.746. The number of amides is 1. The Morgan fingerprint density at radius 1 is 1.00 bits per heavy atom. The van der Waals surface area contributed by atoms with E-state index < -0.39 is 0 Å². The van der Waals surface area contributed by atoms with Crippen LogP contribution in [0.4, 0.5) is 0 Å². The van der Waals surface area contributed by atoms with E-state index in [1.807, 2.05) is 4.90 Å². The van der Waals surface area contributed by atoms with Crippen LogP contribution in [0.15, 0.2) is 30.3 Å². The van der Waals surface area contributed by atoms with Crippen LogP contribution in [0.1, 0.15) is 44.1 Å². The number of nitrogens with zero attached hydrogens (tertiary/aromatic N) is 1. The van der Waals surface area contributed by atoms with Gasteiger partial charge in [0.15, 0.2) is 0 Å². The molecule has 1 fully saturated rings. The maximum atomic E-state index is 12.0. The molecule has 0 radical (unpaired) electrons. The number of likely N-dealkylation sites (tertiary alicyclic amines) is 1. The van der Waals surface area contributed by atoms with Gasteiger partial charge in [0, 0.05) is 26.1 Å². The van der Waals surface area contributed by atoms with Gasteiger partial charge in [-0.3, -0.25) is 4.79 Å². The topological polar surface area (TPSA) is 32.3 Å². The van der Waals surface area contributed by atoms with Gasteiger partial charge < -0.3 is 10.2 Å². The van der Waals surface area contributed by atoms with Crippen molar-refractivity contribution in [3.8, 4) is 0 Å². The monoisotopic (exact) mass is 288 g/mol. The third-order valence-corrected chi connectivity index (χ3v) is 4.14. The molecular weight excluding hydrogens is 260 g/mol. The van der Waals surface area contributed by atoms with Crippen LogP contribution in [0, 0.1) is 0 Å². The number of rotatable bonds is 8. The van der Waals surface area contributed by atoms with Crippen molar-refractivity contribution >= 4 is 5.91 Å². The molecule has 1 aromatic carbocycles. The van der Waals surface area contributed by atoms with Gasteiger partial charge in [-0.2, -0.15) is 0 Å². The molecule has 1 aliphatic rings. The number of hydrogen-bond acceptors (Lipinski definition) is 2. The standard InChI is InChI=1S/C18H28N2O/c21-18(20-15-7-2-8-16-20)12-14-19-13-6-5-11-17-9-3-1-4-10-17/h1,3-4,9-10,19H,2,5-8,11-16H2. The lowest BCUT2D eigenvalue weighted by Crippen LogP contribution is -2.37. The minimum absolute atomic E-state index is 0.325. The third kappa shape index (κ3) is 6.30. The Bertz CT molecular complexity index is 399. The number of hydrogen-bond donors (Lipinski definition) is 1. The lowest BCUT2D eigenvalue weighted by Gasteiger charge is -2.26.